The van der Waals surface area contributed by atoms with Crippen LogP contribution in [0.25, 0.3) is 0 Å². The van der Waals surface area contributed by atoms with Crippen LogP contribution in [0.3, 0.4) is 0 Å². The van der Waals surface area contributed by atoms with Crippen molar-refractivity contribution in [3.8, 4) is 5.75 Å². The number of nitrogens with zero attached hydrogens (tertiary/aromatic N) is 1. The van der Waals surface area contributed by atoms with E-state index in [1.54, 1.807) is 18.2 Å². The maximum atomic E-state index is 12.0. The highest BCUT2D eigenvalue weighted by Crippen LogP contribution is 2.26. The number of ether oxygens (including phenoxy) is 1. The molecule has 0 unspecified atom stereocenters. The van der Waals surface area contributed by atoms with Gasteiger partial charge >= 0.3 is 0 Å². The molecule has 0 saturated heterocycles. The molecule has 0 heterocycles. The summed E-state index contributed by atoms with van der Waals surface area (Å²) in [5, 5.41) is 9.15. The molecule has 20 heavy (non-hydrogen) atoms. The summed E-state index contributed by atoms with van der Waals surface area (Å²) >= 11 is 6.04. The Morgan fingerprint density at radius 3 is 2.75 bits per heavy atom. The number of hydrogen-bond acceptors (Lipinski definition) is 4. The molecule has 0 bridgehead atoms. The molecule has 0 amide bonds. The van der Waals surface area contributed by atoms with Crippen molar-refractivity contribution in [2.75, 3.05) is 27.3 Å². The van der Waals surface area contributed by atoms with Crippen LogP contribution in [0.2, 0.25) is 5.02 Å². The van der Waals surface area contributed by atoms with Crippen LogP contribution in [0.5, 0.6) is 5.75 Å². The fourth-order valence-electron chi connectivity index (χ4n) is 1.59. The highest BCUT2D eigenvalue weighted by Gasteiger charge is 2.18. The molecule has 0 aliphatic carbocycles. The van der Waals surface area contributed by atoms with Crippen molar-refractivity contribution in [1.29, 1.82) is 0 Å². The predicted molar refractivity (Wildman–Crippen MR) is 78.1 cm³/mol. The fraction of sp³-hybridized carbons (Fsp3) is 0.500. The summed E-state index contributed by atoms with van der Waals surface area (Å²) in [6.07, 6.45) is 0.382. The Labute approximate surface area is 124 Å². The second kappa shape index (κ2) is 7.80. The molecule has 0 saturated carbocycles. The average molecular weight is 323 g/mol. The summed E-state index contributed by atoms with van der Waals surface area (Å²) in [4.78, 5) is 0. The number of methoxy groups -OCH3 is 1. The topological polar surface area (TPSA) is 78.9 Å². The van der Waals surface area contributed by atoms with Gasteiger partial charge in [0.15, 0.2) is 0 Å². The largest absolute Gasteiger partial charge is 0.496 e. The van der Waals surface area contributed by atoms with E-state index in [0.717, 1.165) is 4.31 Å². The van der Waals surface area contributed by atoms with Gasteiger partial charge in [-0.3, -0.25) is 0 Å². The van der Waals surface area contributed by atoms with E-state index in [1.165, 1.54) is 14.2 Å². The van der Waals surface area contributed by atoms with Crippen LogP contribution in [0.15, 0.2) is 18.2 Å². The Kier molecular flexibility index (Phi) is 6.70. The normalized spacial score (nSPS) is 11.8. The van der Waals surface area contributed by atoms with Crippen LogP contribution in [0, 0.1) is 0 Å². The summed E-state index contributed by atoms with van der Waals surface area (Å²) in [5.74, 6) is 0.526. The Bertz CT molecular complexity index is 536. The van der Waals surface area contributed by atoms with Crippen LogP contribution in [0.1, 0.15) is 12.0 Å². The van der Waals surface area contributed by atoms with Gasteiger partial charge in [-0.25, -0.2) is 0 Å². The zero-order valence-corrected chi connectivity index (χ0v) is 13.0. The summed E-state index contributed by atoms with van der Waals surface area (Å²) < 4.78 is 32.7. The molecule has 0 atom stereocenters. The van der Waals surface area contributed by atoms with E-state index in [2.05, 4.69) is 4.72 Å². The molecule has 8 heteroatoms. The van der Waals surface area contributed by atoms with E-state index in [1.807, 2.05) is 0 Å². The quantitative estimate of drug-likeness (QED) is 0.748. The Morgan fingerprint density at radius 1 is 1.45 bits per heavy atom. The third kappa shape index (κ3) is 4.60. The molecule has 0 radical (unpaired) electrons. The Morgan fingerprint density at radius 2 is 2.15 bits per heavy atom. The van der Waals surface area contributed by atoms with Crippen molar-refractivity contribution in [2.24, 2.45) is 0 Å². The molecule has 114 valence electrons. The minimum Gasteiger partial charge on any atom is -0.496 e. The molecule has 6 nitrogen and oxygen atoms in total. The zero-order valence-electron chi connectivity index (χ0n) is 11.5. The zero-order chi connectivity index (χ0) is 15.2. The van der Waals surface area contributed by atoms with E-state index in [-0.39, 0.29) is 19.7 Å². The number of benzene rings is 1. The van der Waals surface area contributed by atoms with Crippen LogP contribution in [-0.2, 0) is 16.8 Å². The van der Waals surface area contributed by atoms with Gasteiger partial charge in [0.25, 0.3) is 10.2 Å². The maximum Gasteiger partial charge on any atom is 0.279 e. The third-order valence-electron chi connectivity index (χ3n) is 2.77. The highest BCUT2D eigenvalue weighted by molar-refractivity contribution is 7.87. The monoisotopic (exact) mass is 322 g/mol. The summed E-state index contributed by atoms with van der Waals surface area (Å²) in [6, 6.07) is 5.11. The molecule has 1 aromatic rings. The second-order valence-electron chi connectivity index (χ2n) is 4.15. The van der Waals surface area contributed by atoms with E-state index < -0.39 is 10.2 Å². The predicted octanol–water partition coefficient (Wildman–Crippen LogP) is 0.997. The van der Waals surface area contributed by atoms with Crippen LogP contribution < -0.4 is 9.46 Å². The standard InChI is InChI=1S/C12H19ClN2O4S/c1-15(7-4-8-16)20(17,18)14-9-10-11(13)5-3-6-12(10)19-2/h3,5-6,14,16H,4,7-9H2,1-2H3. The van der Waals surface area contributed by atoms with Crippen molar-refractivity contribution in [3.05, 3.63) is 28.8 Å². The number of aliphatic hydroxyl groups is 1. The van der Waals surface area contributed by atoms with Gasteiger partial charge in [-0.05, 0) is 18.6 Å². The number of aliphatic hydroxyl groups excluding tert-OH is 1. The lowest BCUT2D eigenvalue weighted by Gasteiger charge is -2.18. The first-order valence-electron chi connectivity index (χ1n) is 6.05. The van der Waals surface area contributed by atoms with Crippen LogP contribution in [0.4, 0.5) is 0 Å². The SMILES string of the molecule is COc1cccc(Cl)c1CNS(=O)(=O)N(C)CCCO. The third-order valence-corrected chi connectivity index (χ3v) is 4.64. The van der Waals surface area contributed by atoms with Gasteiger partial charge in [0, 0.05) is 37.3 Å². The van der Waals surface area contributed by atoms with E-state index >= 15 is 0 Å². The van der Waals surface area contributed by atoms with Crippen LogP contribution >= 0.6 is 11.6 Å². The van der Waals surface area contributed by atoms with Gasteiger partial charge in [0.1, 0.15) is 5.75 Å². The Hall–Kier alpha value is -0.860. The second-order valence-corrected chi connectivity index (χ2v) is 6.41. The summed E-state index contributed by atoms with van der Waals surface area (Å²) in [7, 11) is -0.671. The van der Waals surface area contributed by atoms with Crippen molar-refractivity contribution in [3.63, 3.8) is 0 Å². The minimum absolute atomic E-state index is 0.0364. The van der Waals surface area contributed by atoms with E-state index in [0.29, 0.717) is 22.8 Å². The minimum atomic E-state index is -3.61. The van der Waals surface area contributed by atoms with Gasteiger partial charge < -0.3 is 9.84 Å². The highest BCUT2D eigenvalue weighted by atomic mass is 35.5. The smallest absolute Gasteiger partial charge is 0.279 e. The lowest BCUT2D eigenvalue weighted by atomic mass is 10.2. The molecule has 1 rings (SSSR count). The molecule has 0 aliphatic rings. The van der Waals surface area contributed by atoms with E-state index in [9.17, 15) is 8.42 Å². The number of hydrogen-bond donors (Lipinski definition) is 2. The first-order valence-corrected chi connectivity index (χ1v) is 7.87. The molecule has 2 N–H and O–H groups in total. The van der Waals surface area contributed by atoms with Gasteiger partial charge in [0.05, 0.1) is 7.11 Å². The van der Waals surface area contributed by atoms with Crippen molar-refractivity contribution >= 4 is 21.8 Å². The van der Waals surface area contributed by atoms with Crippen molar-refractivity contribution < 1.29 is 18.3 Å². The Balaban J connectivity index is 2.76. The van der Waals surface area contributed by atoms with Crippen LogP contribution in [-0.4, -0.2) is 45.1 Å². The number of rotatable bonds is 8. The van der Waals surface area contributed by atoms with Crippen molar-refractivity contribution in [2.45, 2.75) is 13.0 Å². The number of halogens is 1. The molecular formula is C12H19ClN2O4S. The molecule has 1 aromatic carbocycles. The van der Waals surface area contributed by atoms with E-state index in [4.69, 9.17) is 21.4 Å². The van der Waals surface area contributed by atoms with Gasteiger partial charge in [-0.15, -0.1) is 0 Å². The molecular weight excluding hydrogens is 304 g/mol. The molecule has 0 spiro atoms. The first kappa shape index (κ1) is 17.2. The van der Waals surface area contributed by atoms with Gasteiger partial charge in [-0.1, -0.05) is 17.7 Å². The molecule has 0 fully saturated rings. The number of nitrogens with one attached hydrogen (secondary N) is 1. The fourth-order valence-corrected chi connectivity index (χ4v) is 2.74. The van der Waals surface area contributed by atoms with Gasteiger partial charge in [-0.2, -0.15) is 17.4 Å². The average Bonchev–Trinajstić information content (AvgIpc) is 2.42. The van der Waals surface area contributed by atoms with Gasteiger partial charge in [0.2, 0.25) is 0 Å². The van der Waals surface area contributed by atoms with Crippen molar-refractivity contribution in [1.82, 2.24) is 9.03 Å². The summed E-state index contributed by atoms with van der Waals surface area (Å²) in [6.45, 7) is 0.221. The molecule has 0 aliphatic heterocycles. The molecule has 0 aromatic heterocycles. The summed E-state index contributed by atoms with van der Waals surface area (Å²) in [5.41, 5.74) is 0.579. The maximum absolute atomic E-state index is 12.0. The first-order chi connectivity index (χ1) is 9.42. The lowest BCUT2D eigenvalue weighted by molar-refractivity contribution is 0.275. The lowest BCUT2D eigenvalue weighted by Crippen LogP contribution is -2.38.